The zero-order chi connectivity index (χ0) is 20.3. The number of hydrogen-bond donors (Lipinski definition) is 0. The highest BCUT2D eigenvalue weighted by atomic mass is 16.2. The van der Waals surface area contributed by atoms with Crippen LogP contribution >= 0.6 is 0 Å². The van der Waals surface area contributed by atoms with Crippen molar-refractivity contribution in [1.82, 2.24) is 14.4 Å². The zero-order valence-electron chi connectivity index (χ0n) is 17.4. The number of carbonyl (C=O) groups excluding carboxylic acids is 2. The molecule has 5 nitrogen and oxygen atoms in total. The van der Waals surface area contributed by atoms with E-state index in [-0.39, 0.29) is 17.7 Å². The number of rotatable bonds is 5. The van der Waals surface area contributed by atoms with Gasteiger partial charge < -0.3 is 14.4 Å². The zero-order valence-corrected chi connectivity index (χ0v) is 17.4. The lowest BCUT2D eigenvalue weighted by Gasteiger charge is -2.33. The van der Waals surface area contributed by atoms with E-state index in [1.807, 2.05) is 47.9 Å². The first-order valence-electron chi connectivity index (χ1n) is 10.3. The Kier molecular flexibility index (Phi) is 6.22. The molecule has 1 aliphatic heterocycles. The summed E-state index contributed by atoms with van der Waals surface area (Å²) in [6, 6.07) is 12.0. The van der Waals surface area contributed by atoms with Gasteiger partial charge in [0.1, 0.15) is 0 Å². The molecule has 3 rings (SSSR count). The van der Waals surface area contributed by atoms with Crippen molar-refractivity contribution in [3.05, 3.63) is 53.3 Å². The fourth-order valence-electron chi connectivity index (χ4n) is 4.13. The first kappa shape index (κ1) is 20.2. The van der Waals surface area contributed by atoms with E-state index in [1.54, 1.807) is 0 Å². The van der Waals surface area contributed by atoms with Crippen molar-refractivity contribution in [2.24, 2.45) is 5.92 Å². The third-order valence-corrected chi connectivity index (χ3v) is 5.85. The Hall–Kier alpha value is -2.56. The Morgan fingerprint density at radius 2 is 1.46 bits per heavy atom. The summed E-state index contributed by atoms with van der Waals surface area (Å²) >= 11 is 0. The number of carbonyl (C=O) groups is 2. The maximum Gasteiger partial charge on any atom is 0.253 e. The highest BCUT2D eigenvalue weighted by Crippen LogP contribution is 2.22. The summed E-state index contributed by atoms with van der Waals surface area (Å²) in [5, 5.41) is 0. The van der Waals surface area contributed by atoms with Gasteiger partial charge in [-0.25, -0.2) is 0 Å². The Balaban J connectivity index is 1.63. The molecule has 0 radical (unpaired) electrons. The Bertz CT molecular complexity index is 807. The van der Waals surface area contributed by atoms with Gasteiger partial charge in [0, 0.05) is 54.7 Å². The molecule has 150 valence electrons. The van der Waals surface area contributed by atoms with Crippen molar-refractivity contribution in [3.8, 4) is 5.69 Å². The van der Waals surface area contributed by atoms with Crippen molar-refractivity contribution in [1.29, 1.82) is 0 Å². The van der Waals surface area contributed by atoms with Crippen LogP contribution in [0.2, 0.25) is 0 Å². The summed E-state index contributed by atoms with van der Waals surface area (Å²) in [7, 11) is 0. The molecule has 1 aromatic heterocycles. The lowest BCUT2D eigenvalue weighted by atomic mass is 9.94. The van der Waals surface area contributed by atoms with E-state index in [4.69, 9.17) is 0 Å². The van der Waals surface area contributed by atoms with E-state index in [9.17, 15) is 9.59 Å². The van der Waals surface area contributed by atoms with Gasteiger partial charge in [0.05, 0.1) is 0 Å². The summed E-state index contributed by atoms with van der Waals surface area (Å²) in [6.07, 6.45) is 1.50. The van der Waals surface area contributed by atoms with Crippen molar-refractivity contribution in [2.75, 3.05) is 26.2 Å². The average molecular weight is 382 g/mol. The molecule has 1 saturated heterocycles. The van der Waals surface area contributed by atoms with Crippen LogP contribution in [0.25, 0.3) is 5.69 Å². The van der Waals surface area contributed by atoms with Gasteiger partial charge >= 0.3 is 0 Å². The van der Waals surface area contributed by atoms with Gasteiger partial charge in [-0.15, -0.1) is 0 Å². The molecule has 1 fully saturated rings. The summed E-state index contributed by atoms with van der Waals surface area (Å²) in [4.78, 5) is 29.2. The van der Waals surface area contributed by atoms with Crippen LogP contribution in [0.1, 0.15) is 48.4 Å². The minimum absolute atomic E-state index is 0.0472. The lowest BCUT2D eigenvalue weighted by molar-refractivity contribution is -0.136. The van der Waals surface area contributed by atoms with Crippen LogP contribution in [0.15, 0.2) is 36.4 Å². The standard InChI is InChI=1S/C23H31N3O2/c1-5-24(6-2)22(27)20-13-15-25(16-14-20)23(28)19-9-11-21(12-10-19)26-17(3)7-8-18(26)4/h7-12,20H,5-6,13-16H2,1-4H3. The third-order valence-electron chi connectivity index (χ3n) is 5.85. The highest BCUT2D eigenvalue weighted by Gasteiger charge is 2.29. The van der Waals surface area contributed by atoms with Gasteiger partial charge in [-0.05, 0) is 76.9 Å². The molecule has 2 aromatic rings. The monoisotopic (exact) mass is 381 g/mol. The molecule has 5 heteroatoms. The van der Waals surface area contributed by atoms with Gasteiger partial charge in [0.15, 0.2) is 0 Å². The van der Waals surface area contributed by atoms with Crippen LogP contribution in [0, 0.1) is 19.8 Å². The third kappa shape index (κ3) is 3.98. The van der Waals surface area contributed by atoms with Crippen molar-refractivity contribution < 1.29 is 9.59 Å². The van der Waals surface area contributed by atoms with E-state index in [0.717, 1.165) is 31.6 Å². The second-order valence-electron chi connectivity index (χ2n) is 7.58. The topological polar surface area (TPSA) is 45.6 Å². The molecule has 0 aliphatic carbocycles. The molecular formula is C23H31N3O2. The second-order valence-corrected chi connectivity index (χ2v) is 7.58. The number of benzene rings is 1. The van der Waals surface area contributed by atoms with E-state index >= 15 is 0 Å². The van der Waals surface area contributed by atoms with Crippen LogP contribution < -0.4 is 0 Å². The van der Waals surface area contributed by atoms with Gasteiger partial charge in [0.2, 0.25) is 5.91 Å². The maximum atomic E-state index is 12.9. The summed E-state index contributed by atoms with van der Waals surface area (Å²) in [6.45, 7) is 11.0. The van der Waals surface area contributed by atoms with Gasteiger partial charge in [-0.1, -0.05) is 0 Å². The van der Waals surface area contributed by atoms with Gasteiger partial charge in [-0.2, -0.15) is 0 Å². The Labute approximate surface area is 167 Å². The molecule has 0 atom stereocenters. The van der Waals surface area contributed by atoms with Crippen LogP contribution in [0.4, 0.5) is 0 Å². The van der Waals surface area contributed by atoms with E-state index in [1.165, 1.54) is 11.4 Å². The first-order chi connectivity index (χ1) is 13.5. The second kappa shape index (κ2) is 8.63. The largest absolute Gasteiger partial charge is 0.343 e. The van der Waals surface area contributed by atoms with Crippen LogP contribution in [-0.4, -0.2) is 52.4 Å². The Morgan fingerprint density at radius 3 is 1.96 bits per heavy atom. The van der Waals surface area contributed by atoms with Crippen LogP contribution in [0.5, 0.6) is 0 Å². The molecule has 28 heavy (non-hydrogen) atoms. The van der Waals surface area contributed by atoms with Crippen molar-refractivity contribution >= 4 is 11.8 Å². The van der Waals surface area contributed by atoms with E-state index in [0.29, 0.717) is 18.7 Å². The molecule has 0 N–H and O–H groups in total. The number of piperidine rings is 1. The van der Waals surface area contributed by atoms with Crippen LogP contribution in [-0.2, 0) is 4.79 Å². The van der Waals surface area contributed by atoms with E-state index in [2.05, 4.69) is 30.5 Å². The summed E-state index contributed by atoms with van der Waals surface area (Å²) in [5.74, 6) is 0.339. The fraction of sp³-hybridized carbons (Fsp3) is 0.478. The smallest absolute Gasteiger partial charge is 0.253 e. The molecule has 1 aromatic carbocycles. The summed E-state index contributed by atoms with van der Waals surface area (Å²) < 4.78 is 2.18. The lowest BCUT2D eigenvalue weighted by Crippen LogP contribution is -2.44. The molecule has 2 heterocycles. The maximum absolute atomic E-state index is 12.9. The molecule has 1 aliphatic rings. The molecule has 0 bridgehead atoms. The van der Waals surface area contributed by atoms with Crippen molar-refractivity contribution in [2.45, 2.75) is 40.5 Å². The predicted molar refractivity (Wildman–Crippen MR) is 112 cm³/mol. The van der Waals surface area contributed by atoms with Gasteiger partial charge in [0.25, 0.3) is 5.91 Å². The van der Waals surface area contributed by atoms with E-state index < -0.39 is 0 Å². The number of likely N-dealkylation sites (tertiary alicyclic amines) is 1. The number of nitrogens with zero attached hydrogens (tertiary/aromatic N) is 3. The molecule has 0 unspecified atom stereocenters. The Morgan fingerprint density at radius 1 is 0.929 bits per heavy atom. The highest BCUT2D eigenvalue weighted by molar-refractivity contribution is 5.94. The number of aromatic nitrogens is 1. The normalized spacial score (nSPS) is 14.9. The quantitative estimate of drug-likeness (QED) is 0.790. The number of aryl methyl sites for hydroxylation is 2. The van der Waals surface area contributed by atoms with Crippen LogP contribution in [0.3, 0.4) is 0 Å². The minimum atomic E-state index is 0.0472. The molecule has 0 spiro atoms. The SMILES string of the molecule is CCN(CC)C(=O)C1CCN(C(=O)c2ccc(-n3c(C)ccc3C)cc2)CC1. The van der Waals surface area contributed by atoms with Crippen molar-refractivity contribution in [3.63, 3.8) is 0 Å². The molecule has 2 amide bonds. The first-order valence-corrected chi connectivity index (χ1v) is 10.3. The number of hydrogen-bond acceptors (Lipinski definition) is 2. The number of amides is 2. The summed E-state index contributed by atoms with van der Waals surface area (Å²) in [5.41, 5.74) is 4.13. The fourth-order valence-corrected chi connectivity index (χ4v) is 4.13. The molecular weight excluding hydrogens is 350 g/mol. The van der Waals surface area contributed by atoms with Gasteiger partial charge in [-0.3, -0.25) is 9.59 Å². The molecule has 0 saturated carbocycles. The minimum Gasteiger partial charge on any atom is -0.343 e. The average Bonchev–Trinajstić information content (AvgIpc) is 3.06. The predicted octanol–water partition coefficient (Wildman–Crippen LogP) is 3.81.